The van der Waals surface area contributed by atoms with E-state index in [0.717, 1.165) is 6.54 Å². The second kappa shape index (κ2) is 5.63. The van der Waals surface area contributed by atoms with E-state index in [1.807, 2.05) is 11.8 Å². The molecule has 0 bridgehead atoms. The summed E-state index contributed by atoms with van der Waals surface area (Å²) in [6.45, 7) is 7.82. The normalized spacial score (nSPS) is 19.1. The molecule has 1 nitrogen and oxygen atoms in total. The van der Waals surface area contributed by atoms with Crippen molar-refractivity contribution < 1.29 is 0 Å². The number of allylic oxidation sites excluding steroid dienone is 1. The molecule has 1 heterocycles. The van der Waals surface area contributed by atoms with Crippen LogP contribution in [0.5, 0.6) is 0 Å². The van der Waals surface area contributed by atoms with Gasteiger partial charge in [-0.05, 0) is 30.9 Å². The minimum atomic E-state index is 0.580. The van der Waals surface area contributed by atoms with Gasteiger partial charge in [-0.2, -0.15) is 0 Å². The van der Waals surface area contributed by atoms with E-state index in [1.54, 1.807) is 0 Å². The van der Waals surface area contributed by atoms with Gasteiger partial charge in [0.1, 0.15) is 0 Å². The van der Waals surface area contributed by atoms with Crippen molar-refractivity contribution in [2.75, 3.05) is 17.2 Å². The summed E-state index contributed by atoms with van der Waals surface area (Å²) in [5.41, 5.74) is 2.84. The van der Waals surface area contributed by atoms with Crippen LogP contribution in [0.2, 0.25) is 0 Å². The van der Waals surface area contributed by atoms with Crippen molar-refractivity contribution in [3.63, 3.8) is 0 Å². The van der Waals surface area contributed by atoms with Gasteiger partial charge in [-0.25, -0.2) is 0 Å². The molecule has 2 rings (SSSR count). The largest absolute Gasteiger partial charge is 0.336 e. The maximum atomic E-state index is 2.48. The van der Waals surface area contributed by atoms with Gasteiger partial charge >= 0.3 is 0 Å². The van der Waals surface area contributed by atoms with Crippen molar-refractivity contribution in [1.29, 1.82) is 0 Å². The Hall–Kier alpha value is -0.890. The highest BCUT2D eigenvalue weighted by Crippen LogP contribution is 2.36. The molecule has 0 aliphatic carbocycles. The molecule has 1 aliphatic heterocycles. The second-order valence-electron chi connectivity index (χ2n) is 4.69. The third kappa shape index (κ3) is 2.68. The van der Waals surface area contributed by atoms with Crippen LogP contribution >= 0.6 is 11.8 Å². The SMILES string of the molecule is C/C=C1\SCCCN1c1ccccc1C(C)C. The van der Waals surface area contributed by atoms with Crippen LogP contribution in [0.15, 0.2) is 35.4 Å². The van der Waals surface area contributed by atoms with Crippen molar-refractivity contribution >= 4 is 17.4 Å². The van der Waals surface area contributed by atoms with Gasteiger partial charge in [0.25, 0.3) is 0 Å². The van der Waals surface area contributed by atoms with E-state index in [0.29, 0.717) is 5.92 Å². The Labute approximate surface area is 109 Å². The van der Waals surface area contributed by atoms with Crippen molar-refractivity contribution in [3.05, 3.63) is 40.9 Å². The molecule has 0 amide bonds. The zero-order valence-corrected chi connectivity index (χ0v) is 11.8. The zero-order valence-electron chi connectivity index (χ0n) is 10.9. The Kier molecular flexibility index (Phi) is 4.16. The Balaban J connectivity index is 2.38. The Morgan fingerprint density at radius 3 is 2.76 bits per heavy atom. The summed E-state index contributed by atoms with van der Waals surface area (Å²) in [5.74, 6) is 1.83. The third-order valence-corrected chi connectivity index (χ3v) is 4.38. The molecule has 0 N–H and O–H groups in total. The number of anilines is 1. The molecular formula is C15H21NS. The molecule has 1 fully saturated rings. The summed E-state index contributed by atoms with van der Waals surface area (Å²) < 4.78 is 0. The lowest BCUT2D eigenvalue weighted by Gasteiger charge is -2.33. The molecule has 1 aromatic rings. The van der Waals surface area contributed by atoms with Gasteiger partial charge in [0.05, 0.1) is 5.03 Å². The van der Waals surface area contributed by atoms with Crippen molar-refractivity contribution in [1.82, 2.24) is 0 Å². The molecule has 1 saturated heterocycles. The minimum absolute atomic E-state index is 0.580. The van der Waals surface area contributed by atoms with Crippen LogP contribution < -0.4 is 4.90 Å². The standard InChI is InChI=1S/C15H21NS/c1-4-15-16(10-7-11-17-15)14-9-6-5-8-13(14)12(2)3/h4-6,8-9,12H,7,10-11H2,1-3H3/b15-4-. The lowest BCUT2D eigenvalue weighted by Crippen LogP contribution is -2.27. The fourth-order valence-corrected chi connectivity index (χ4v) is 3.28. The lowest BCUT2D eigenvalue weighted by molar-refractivity contribution is 0.822. The van der Waals surface area contributed by atoms with Crippen LogP contribution in [-0.2, 0) is 0 Å². The van der Waals surface area contributed by atoms with E-state index < -0.39 is 0 Å². The van der Waals surface area contributed by atoms with Gasteiger partial charge in [0, 0.05) is 18.0 Å². The van der Waals surface area contributed by atoms with E-state index in [4.69, 9.17) is 0 Å². The molecule has 92 valence electrons. The highest BCUT2D eigenvalue weighted by molar-refractivity contribution is 8.03. The second-order valence-corrected chi connectivity index (χ2v) is 5.81. The monoisotopic (exact) mass is 247 g/mol. The number of benzene rings is 1. The number of hydrogen-bond donors (Lipinski definition) is 0. The molecule has 0 unspecified atom stereocenters. The first kappa shape index (κ1) is 12.6. The van der Waals surface area contributed by atoms with E-state index in [9.17, 15) is 0 Å². The fraction of sp³-hybridized carbons (Fsp3) is 0.467. The number of nitrogens with zero attached hydrogens (tertiary/aromatic N) is 1. The Bertz CT molecular complexity index is 409. The van der Waals surface area contributed by atoms with Crippen molar-refractivity contribution in [2.45, 2.75) is 33.1 Å². The quantitative estimate of drug-likeness (QED) is 0.750. The average Bonchev–Trinajstić information content (AvgIpc) is 2.38. The van der Waals surface area contributed by atoms with E-state index in [1.165, 1.54) is 28.5 Å². The first-order valence-corrected chi connectivity index (χ1v) is 7.38. The van der Waals surface area contributed by atoms with Gasteiger partial charge in [-0.15, -0.1) is 11.8 Å². The van der Waals surface area contributed by atoms with Crippen LogP contribution in [0.4, 0.5) is 5.69 Å². The summed E-state index contributed by atoms with van der Waals surface area (Å²) >= 11 is 1.97. The van der Waals surface area contributed by atoms with E-state index >= 15 is 0 Å². The number of para-hydroxylation sites is 1. The fourth-order valence-electron chi connectivity index (χ4n) is 2.29. The molecular weight excluding hydrogens is 226 g/mol. The van der Waals surface area contributed by atoms with Crippen molar-refractivity contribution in [2.24, 2.45) is 0 Å². The molecule has 0 radical (unpaired) electrons. The zero-order chi connectivity index (χ0) is 12.3. The number of thioether (sulfide) groups is 1. The smallest absolute Gasteiger partial charge is 0.0708 e. The molecule has 2 heteroatoms. The first-order chi connectivity index (χ1) is 8.24. The van der Waals surface area contributed by atoms with E-state index in [-0.39, 0.29) is 0 Å². The third-order valence-electron chi connectivity index (χ3n) is 3.14. The molecule has 0 atom stereocenters. The molecule has 17 heavy (non-hydrogen) atoms. The van der Waals surface area contributed by atoms with Crippen LogP contribution in [0, 0.1) is 0 Å². The van der Waals surface area contributed by atoms with Gasteiger partial charge in [-0.3, -0.25) is 0 Å². The summed E-state index contributed by atoms with van der Waals surface area (Å²) in [6.07, 6.45) is 3.51. The minimum Gasteiger partial charge on any atom is -0.336 e. The molecule has 1 aromatic carbocycles. The highest BCUT2D eigenvalue weighted by Gasteiger charge is 2.19. The molecule has 0 aromatic heterocycles. The van der Waals surface area contributed by atoms with Crippen LogP contribution in [0.25, 0.3) is 0 Å². The van der Waals surface area contributed by atoms with Crippen LogP contribution in [-0.4, -0.2) is 12.3 Å². The molecule has 0 spiro atoms. The average molecular weight is 247 g/mol. The molecule has 0 saturated carbocycles. The van der Waals surface area contributed by atoms with Gasteiger partial charge < -0.3 is 4.90 Å². The first-order valence-electron chi connectivity index (χ1n) is 6.39. The summed E-state index contributed by atoms with van der Waals surface area (Å²) in [7, 11) is 0. The summed E-state index contributed by atoms with van der Waals surface area (Å²) in [4.78, 5) is 2.48. The Morgan fingerprint density at radius 2 is 2.06 bits per heavy atom. The van der Waals surface area contributed by atoms with Gasteiger partial charge in [-0.1, -0.05) is 38.1 Å². The lowest BCUT2D eigenvalue weighted by atomic mass is 10.0. The highest BCUT2D eigenvalue weighted by atomic mass is 32.2. The number of rotatable bonds is 2. The topological polar surface area (TPSA) is 3.24 Å². The van der Waals surface area contributed by atoms with Gasteiger partial charge in [0.15, 0.2) is 0 Å². The van der Waals surface area contributed by atoms with Crippen LogP contribution in [0.1, 0.15) is 38.7 Å². The van der Waals surface area contributed by atoms with Gasteiger partial charge in [0.2, 0.25) is 0 Å². The van der Waals surface area contributed by atoms with E-state index in [2.05, 4.69) is 56.0 Å². The predicted molar refractivity (Wildman–Crippen MR) is 78.7 cm³/mol. The summed E-state index contributed by atoms with van der Waals surface area (Å²) in [5, 5.41) is 1.41. The maximum Gasteiger partial charge on any atom is 0.0708 e. The van der Waals surface area contributed by atoms with Crippen LogP contribution in [0.3, 0.4) is 0 Å². The van der Waals surface area contributed by atoms with Crippen molar-refractivity contribution in [3.8, 4) is 0 Å². The predicted octanol–water partition coefficient (Wildman–Crippen LogP) is 4.61. The number of hydrogen-bond acceptors (Lipinski definition) is 2. The molecule has 1 aliphatic rings. The Morgan fingerprint density at radius 1 is 1.29 bits per heavy atom. The summed E-state index contributed by atoms with van der Waals surface area (Å²) in [6, 6.07) is 8.80. The maximum absolute atomic E-state index is 2.48.